The summed E-state index contributed by atoms with van der Waals surface area (Å²) in [6.07, 6.45) is 8.90. The summed E-state index contributed by atoms with van der Waals surface area (Å²) in [5.74, 6) is 1.60. The van der Waals surface area contributed by atoms with Gasteiger partial charge in [-0.3, -0.25) is 0 Å². The second-order valence-electron chi connectivity index (χ2n) is 8.19. The van der Waals surface area contributed by atoms with Crippen LogP contribution < -0.4 is 0 Å². The zero-order valence-corrected chi connectivity index (χ0v) is 15.7. The summed E-state index contributed by atoms with van der Waals surface area (Å²) in [5.41, 5.74) is 0.565. The lowest BCUT2D eigenvalue weighted by molar-refractivity contribution is 0.214. The van der Waals surface area contributed by atoms with Crippen molar-refractivity contribution in [3.63, 3.8) is 0 Å². The van der Waals surface area contributed by atoms with Crippen LogP contribution in [0.4, 0.5) is 0 Å². The Labute approximate surface area is 140 Å². The Balaban J connectivity index is 2.33. The number of nitrogens with zero attached hydrogens (tertiary/aromatic N) is 3. The molecule has 0 fully saturated rings. The minimum absolute atomic E-state index is 0.271. The standard InChI is InChI=1S/C18H33N3O2/c1-17(2,3)12-10-16-20-15(21-23-16)9-13-18(4,5)11-7-8-14-19-22-6/h14H,7-13H2,1-6H3/b19-14+. The van der Waals surface area contributed by atoms with E-state index in [9.17, 15) is 0 Å². The van der Waals surface area contributed by atoms with Crippen molar-refractivity contribution in [3.05, 3.63) is 11.7 Å². The molecule has 0 saturated carbocycles. The fourth-order valence-electron chi connectivity index (χ4n) is 2.35. The molecule has 0 bridgehead atoms. The molecular weight excluding hydrogens is 290 g/mol. The lowest BCUT2D eigenvalue weighted by Gasteiger charge is -2.23. The molecule has 1 rings (SSSR count). The molecule has 0 aliphatic heterocycles. The minimum Gasteiger partial charge on any atom is -0.399 e. The second kappa shape index (κ2) is 9.04. The summed E-state index contributed by atoms with van der Waals surface area (Å²) in [6.45, 7) is 11.3. The second-order valence-corrected chi connectivity index (χ2v) is 8.19. The fourth-order valence-corrected chi connectivity index (χ4v) is 2.35. The van der Waals surface area contributed by atoms with E-state index in [4.69, 9.17) is 4.52 Å². The van der Waals surface area contributed by atoms with Crippen molar-refractivity contribution in [2.24, 2.45) is 16.0 Å². The van der Waals surface area contributed by atoms with Crippen LogP contribution >= 0.6 is 0 Å². The van der Waals surface area contributed by atoms with Gasteiger partial charge in [-0.1, -0.05) is 44.9 Å². The summed E-state index contributed by atoms with van der Waals surface area (Å²) in [5, 5.41) is 7.88. The van der Waals surface area contributed by atoms with Crippen LogP contribution in [0.3, 0.4) is 0 Å². The van der Waals surface area contributed by atoms with Crippen LogP contribution in [0.15, 0.2) is 9.68 Å². The Kier molecular flexibility index (Phi) is 7.73. The molecule has 0 saturated heterocycles. The SMILES string of the molecule is CO/N=C/CCCC(C)(C)CCc1noc(CCC(C)(C)C)n1. The molecule has 0 unspecified atom stereocenters. The third-order valence-electron chi connectivity index (χ3n) is 3.99. The van der Waals surface area contributed by atoms with Crippen molar-refractivity contribution in [3.8, 4) is 0 Å². The number of oxime groups is 1. The highest BCUT2D eigenvalue weighted by atomic mass is 16.6. The summed E-state index contributed by atoms with van der Waals surface area (Å²) >= 11 is 0. The van der Waals surface area contributed by atoms with E-state index >= 15 is 0 Å². The number of aryl methyl sites for hydroxylation is 2. The van der Waals surface area contributed by atoms with Gasteiger partial charge in [0.15, 0.2) is 5.82 Å². The molecule has 23 heavy (non-hydrogen) atoms. The number of hydrogen-bond acceptors (Lipinski definition) is 5. The maximum Gasteiger partial charge on any atom is 0.226 e. The van der Waals surface area contributed by atoms with Crippen LogP contribution in [0, 0.1) is 10.8 Å². The van der Waals surface area contributed by atoms with Gasteiger partial charge >= 0.3 is 0 Å². The van der Waals surface area contributed by atoms with Gasteiger partial charge in [-0.2, -0.15) is 4.98 Å². The summed E-state index contributed by atoms with van der Waals surface area (Å²) in [4.78, 5) is 9.19. The van der Waals surface area contributed by atoms with Crippen LogP contribution in [0.5, 0.6) is 0 Å². The smallest absolute Gasteiger partial charge is 0.226 e. The lowest BCUT2D eigenvalue weighted by atomic mass is 9.82. The molecule has 0 aliphatic carbocycles. The third kappa shape index (κ3) is 9.36. The average Bonchev–Trinajstić information content (AvgIpc) is 2.90. The molecular formula is C18H33N3O2. The van der Waals surface area contributed by atoms with Gasteiger partial charge in [0, 0.05) is 19.1 Å². The molecule has 1 aromatic heterocycles. The first-order valence-corrected chi connectivity index (χ1v) is 8.58. The monoisotopic (exact) mass is 323 g/mol. The summed E-state index contributed by atoms with van der Waals surface area (Å²) in [7, 11) is 1.57. The van der Waals surface area contributed by atoms with E-state index in [1.165, 1.54) is 0 Å². The molecule has 0 atom stereocenters. The van der Waals surface area contributed by atoms with Gasteiger partial charge in [-0.15, -0.1) is 0 Å². The molecule has 5 heteroatoms. The molecule has 0 radical (unpaired) electrons. The zero-order valence-electron chi connectivity index (χ0n) is 15.7. The molecule has 1 aromatic rings. The maximum absolute atomic E-state index is 5.36. The first-order valence-electron chi connectivity index (χ1n) is 8.58. The van der Waals surface area contributed by atoms with Crippen molar-refractivity contribution in [1.82, 2.24) is 10.1 Å². The van der Waals surface area contributed by atoms with Crippen LogP contribution in [0.1, 0.15) is 78.4 Å². The first kappa shape index (κ1) is 19.7. The molecule has 5 nitrogen and oxygen atoms in total. The fraction of sp³-hybridized carbons (Fsp3) is 0.833. The predicted molar refractivity (Wildman–Crippen MR) is 93.5 cm³/mol. The number of unbranched alkanes of at least 4 members (excludes halogenated alkanes) is 1. The Bertz CT molecular complexity index is 473. The predicted octanol–water partition coefficient (Wildman–Crippen LogP) is 4.81. The van der Waals surface area contributed by atoms with E-state index < -0.39 is 0 Å². The van der Waals surface area contributed by atoms with E-state index in [1.54, 1.807) is 7.11 Å². The van der Waals surface area contributed by atoms with E-state index in [0.717, 1.165) is 56.7 Å². The van der Waals surface area contributed by atoms with Crippen molar-refractivity contribution < 1.29 is 9.36 Å². The average molecular weight is 323 g/mol. The first-order chi connectivity index (χ1) is 10.7. The van der Waals surface area contributed by atoms with Crippen LogP contribution in [-0.2, 0) is 17.7 Å². The number of aromatic nitrogens is 2. The molecule has 0 spiro atoms. The van der Waals surface area contributed by atoms with Crippen molar-refractivity contribution >= 4 is 6.21 Å². The molecule has 0 amide bonds. The van der Waals surface area contributed by atoms with Gasteiger partial charge in [-0.25, -0.2) is 0 Å². The van der Waals surface area contributed by atoms with Gasteiger partial charge in [0.1, 0.15) is 7.11 Å². The lowest BCUT2D eigenvalue weighted by Crippen LogP contribution is -2.13. The highest BCUT2D eigenvalue weighted by Gasteiger charge is 2.19. The molecule has 0 N–H and O–H groups in total. The van der Waals surface area contributed by atoms with Crippen LogP contribution in [0.25, 0.3) is 0 Å². The van der Waals surface area contributed by atoms with Crippen molar-refractivity contribution in [1.29, 1.82) is 0 Å². The maximum atomic E-state index is 5.36. The molecule has 132 valence electrons. The normalized spacial score (nSPS) is 13.0. The minimum atomic E-state index is 0.271. The third-order valence-corrected chi connectivity index (χ3v) is 3.99. The Hall–Kier alpha value is -1.39. The van der Waals surface area contributed by atoms with E-state index in [-0.39, 0.29) is 5.41 Å². The van der Waals surface area contributed by atoms with E-state index in [2.05, 4.69) is 54.8 Å². The molecule has 0 aromatic carbocycles. The quantitative estimate of drug-likeness (QED) is 0.352. The largest absolute Gasteiger partial charge is 0.399 e. The number of rotatable bonds is 10. The van der Waals surface area contributed by atoms with Gasteiger partial charge in [0.05, 0.1) is 0 Å². The Morgan fingerprint density at radius 2 is 1.83 bits per heavy atom. The van der Waals surface area contributed by atoms with E-state index in [1.807, 2.05) is 6.21 Å². The molecule has 1 heterocycles. The Morgan fingerprint density at radius 3 is 2.48 bits per heavy atom. The van der Waals surface area contributed by atoms with Gasteiger partial charge in [0.2, 0.25) is 5.89 Å². The van der Waals surface area contributed by atoms with Crippen molar-refractivity contribution in [2.75, 3.05) is 7.11 Å². The van der Waals surface area contributed by atoms with Crippen LogP contribution in [0.2, 0.25) is 0 Å². The van der Waals surface area contributed by atoms with Gasteiger partial charge in [0.25, 0.3) is 0 Å². The van der Waals surface area contributed by atoms with Crippen molar-refractivity contribution in [2.45, 2.75) is 79.6 Å². The van der Waals surface area contributed by atoms with Crippen LogP contribution in [-0.4, -0.2) is 23.5 Å². The van der Waals surface area contributed by atoms with E-state index in [0.29, 0.717) is 5.41 Å². The molecule has 0 aliphatic rings. The van der Waals surface area contributed by atoms with Gasteiger partial charge in [-0.05, 0) is 42.9 Å². The zero-order chi connectivity index (χ0) is 17.3. The highest BCUT2D eigenvalue weighted by Crippen LogP contribution is 2.28. The number of hydrogen-bond donors (Lipinski definition) is 0. The summed E-state index contributed by atoms with van der Waals surface area (Å²) in [6, 6.07) is 0. The highest BCUT2D eigenvalue weighted by molar-refractivity contribution is 5.56. The summed E-state index contributed by atoms with van der Waals surface area (Å²) < 4.78 is 5.36. The Morgan fingerprint density at radius 1 is 1.09 bits per heavy atom. The van der Waals surface area contributed by atoms with Gasteiger partial charge < -0.3 is 9.36 Å². The topological polar surface area (TPSA) is 60.5 Å².